The largest absolute Gasteiger partial charge is 0.0623 e. The van der Waals surface area contributed by atoms with Gasteiger partial charge in [-0.3, -0.25) is 0 Å². The minimum Gasteiger partial charge on any atom is -0.0623 e. The average Bonchev–Trinajstić information content (AvgIpc) is 2.70. The molecule has 0 radical (unpaired) electrons. The molecule has 0 aliphatic rings. The van der Waals surface area contributed by atoms with Gasteiger partial charge in [0.05, 0.1) is 0 Å². The Labute approximate surface area is 142 Å². The van der Waals surface area contributed by atoms with Gasteiger partial charge in [0.25, 0.3) is 0 Å². The van der Waals surface area contributed by atoms with Crippen LogP contribution in [0.5, 0.6) is 0 Å². The zero-order chi connectivity index (χ0) is 16.2. The second-order valence-corrected chi connectivity index (χ2v) is 5.79. The van der Waals surface area contributed by atoms with E-state index in [0.29, 0.717) is 0 Å². The maximum Gasteiger partial charge on any atom is -0.00990 e. The van der Waals surface area contributed by atoms with Crippen molar-refractivity contribution in [3.63, 3.8) is 0 Å². The minimum atomic E-state index is 1.34. The molecule has 0 aromatic heterocycles. The van der Waals surface area contributed by atoms with Gasteiger partial charge in [-0.25, -0.2) is 0 Å². The van der Waals surface area contributed by atoms with Crippen LogP contribution < -0.4 is 0 Å². The number of fused-ring (bicyclic) bond motifs is 6. The van der Waals surface area contributed by atoms with Gasteiger partial charge in [-0.15, -0.1) is 0 Å². The van der Waals surface area contributed by atoms with Crippen LogP contribution in [-0.4, -0.2) is 0 Å². The SMILES string of the molecule is c1ccc2c(c1)c1ccccc1c1ccccc21.c1ccccc1. The summed E-state index contributed by atoms with van der Waals surface area (Å²) in [6.07, 6.45) is 0. The van der Waals surface area contributed by atoms with Gasteiger partial charge in [0.2, 0.25) is 0 Å². The highest BCUT2D eigenvalue weighted by Crippen LogP contribution is 2.34. The Hall–Kier alpha value is -3.12. The van der Waals surface area contributed by atoms with Gasteiger partial charge in [0, 0.05) is 0 Å². The van der Waals surface area contributed by atoms with E-state index in [-0.39, 0.29) is 0 Å². The molecule has 0 saturated carbocycles. The number of hydrogen-bond acceptors (Lipinski definition) is 0. The molecule has 5 aromatic carbocycles. The van der Waals surface area contributed by atoms with Gasteiger partial charge in [0.1, 0.15) is 0 Å². The van der Waals surface area contributed by atoms with Crippen molar-refractivity contribution in [2.75, 3.05) is 0 Å². The molecule has 0 heteroatoms. The molecule has 114 valence electrons. The molecule has 24 heavy (non-hydrogen) atoms. The third-order valence-corrected chi connectivity index (χ3v) is 4.32. The predicted molar refractivity (Wildman–Crippen MR) is 105 cm³/mol. The lowest BCUT2D eigenvalue weighted by molar-refractivity contribution is 1.72. The zero-order valence-electron chi connectivity index (χ0n) is 13.4. The topological polar surface area (TPSA) is 0 Å². The molecule has 0 N–H and O–H groups in total. The molecule has 0 unspecified atom stereocenters. The summed E-state index contributed by atoms with van der Waals surface area (Å²) in [5, 5.41) is 8.04. The molecule has 0 nitrogen and oxygen atoms in total. The van der Waals surface area contributed by atoms with Crippen molar-refractivity contribution >= 4 is 32.3 Å². The first-order valence-electron chi connectivity index (χ1n) is 8.23. The van der Waals surface area contributed by atoms with Crippen LogP contribution in [0.25, 0.3) is 32.3 Å². The van der Waals surface area contributed by atoms with Gasteiger partial charge in [-0.05, 0) is 32.3 Å². The van der Waals surface area contributed by atoms with E-state index in [9.17, 15) is 0 Å². The van der Waals surface area contributed by atoms with Gasteiger partial charge in [-0.2, -0.15) is 0 Å². The molecule has 0 bridgehead atoms. The van der Waals surface area contributed by atoms with Crippen LogP contribution in [0.15, 0.2) is 109 Å². The van der Waals surface area contributed by atoms with Crippen molar-refractivity contribution < 1.29 is 0 Å². The lowest BCUT2D eigenvalue weighted by Crippen LogP contribution is -1.81. The van der Waals surface area contributed by atoms with Crippen LogP contribution in [0.3, 0.4) is 0 Å². The van der Waals surface area contributed by atoms with E-state index in [0.717, 1.165) is 0 Å². The molecule has 0 aliphatic carbocycles. The molecule has 0 atom stereocenters. The summed E-state index contributed by atoms with van der Waals surface area (Å²) in [5.41, 5.74) is 0. The van der Waals surface area contributed by atoms with E-state index in [1.807, 2.05) is 36.4 Å². The van der Waals surface area contributed by atoms with Crippen molar-refractivity contribution in [1.29, 1.82) is 0 Å². The fourth-order valence-electron chi connectivity index (χ4n) is 3.24. The average molecular weight is 306 g/mol. The highest BCUT2D eigenvalue weighted by atomic mass is 14.1. The third kappa shape index (κ3) is 2.63. The van der Waals surface area contributed by atoms with Crippen molar-refractivity contribution in [2.45, 2.75) is 0 Å². The van der Waals surface area contributed by atoms with Gasteiger partial charge in [-0.1, -0.05) is 109 Å². The van der Waals surface area contributed by atoms with Crippen LogP contribution in [0.4, 0.5) is 0 Å². The standard InChI is InChI=1S/C18H12.C6H6/c1-2-8-14-13(7-1)15-9-3-4-11-17(15)18-12-6-5-10-16(14)18;1-2-4-6-5-3-1/h1-12H;1-6H. The van der Waals surface area contributed by atoms with Crippen molar-refractivity contribution in [1.82, 2.24) is 0 Å². The Balaban J connectivity index is 0.000000207. The monoisotopic (exact) mass is 306 g/mol. The molecule has 0 spiro atoms. The fourth-order valence-corrected chi connectivity index (χ4v) is 3.24. The van der Waals surface area contributed by atoms with Crippen LogP contribution in [0, 0.1) is 0 Å². The number of rotatable bonds is 0. The first-order valence-corrected chi connectivity index (χ1v) is 8.23. The molecule has 5 aromatic rings. The summed E-state index contributed by atoms with van der Waals surface area (Å²) in [5.74, 6) is 0. The van der Waals surface area contributed by atoms with Gasteiger partial charge in [0.15, 0.2) is 0 Å². The Morgan fingerprint density at radius 1 is 0.208 bits per heavy atom. The van der Waals surface area contributed by atoms with Gasteiger partial charge >= 0.3 is 0 Å². The highest BCUT2D eigenvalue weighted by Gasteiger charge is 2.06. The van der Waals surface area contributed by atoms with E-state index < -0.39 is 0 Å². The minimum absolute atomic E-state index is 1.34. The summed E-state index contributed by atoms with van der Waals surface area (Å²) in [7, 11) is 0. The normalized spacial score (nSPS) is 10.5. The van der Waals surface area contributed by atoms with Gasteiger partial charge < -0.3 is 0 Å². The lowest BCUT2D eigenvalue weighted by atomic mass is 9.95. The second-order valence-electron chi connectivity index (χ2n) is 5.79. The van der Waals surface area contributed by atoms with E-state index in [1.165, 1.54) is 32.3 Å². The maximum atomic E-state index is 2.21. The summed E-state index contributed by atoms with van der Waals surface area (Å²) >= 11 is 0. The predicted octanol–water partition coefficient (Wildman–Crippen LogP) is 6.83. The van der Waals surface area contributed by atoms with Crippen LogP contribution in [0.1, 0.15) is 0 Å². The quantitative estimate of drug-likeness (QED) is 0.275. The van der Waals surface area contributed by atoms with Crippen LogP contribution in [-0.2, 0) is 0 Å². The van der Waals surface area contributed by atoms with E-state index in [2.05, 4.69) is 72.8 Å². The molecule has 0 saturated heterocycles. The van der Waals surface area contributed by atoms with Crippen LogP contribution in [0.2, 0.25) is 0 Å². The molecule has 5 rings (SSSR count). The molecule has 0 amide bonds. The van der Waals surface area contributed by atoms with E-state index in [1.54, 1.807) is 0 Å². The molecular formula is C24H18. The van der Waals surface area contributed by atoms with Crippen molar-refractivity contribution in [2.24, 2.45) is 0 Å². The lowest BCUT2D eigenvalue weighted by Gasteiger charge is -2.09. The maximum absolute atomic E-state index is 2.21. The number of benzene rings is 5. The first kappa shape index (κ1) is 14.5. The Morgan fingerprint density at radius 2 is 0.375 bits per heavy atom. The summed E-state index contributed by atoms with van der Waals surface area (Å²) in [4.78, 5) is 0. The van der Waals surface area contributed by atoms with Crippen molar-refractivity contribution in [3.8, 4) is 0 Å². The fraction of sp³-hybridized carbons (Fsp3) is 0. The van der Waals surface area contributed by atoms with Crippen molar-refractivity contribution in [3.05, 3.63) is 109 Å². The Bertz CT molecular complexity index is 845. The van der Waals surface area contributed by atoms with E-state index in [4.69, 9.17) is 0 Å². The molecule has 0 aliphatic heterocycles. The molecule has 0 fully saturated rings. The first-order chi connectivity index (χ1) is 11.9. The second kappa shape index (κ2) is 6.55. The van der Waals surface area contributed by atoms with Crippen LogP contribution >= 0.6 is 0 Å². The zero-order valence-corrected chi connectivity index (χ0v) is 13.4. The summed E-state index contributed by atoms with van der Waals surface area (Å²) in [6.45, 7) is 0. The smallest absolute Gasteiger partial charge is 0.00990 e. The highest BCUT2D eigenvalue weighted by molar-refractivity contribution is 6.25. The summed E-state index contributed by atoms with van der Waals surface area (Å²) in [6, 6.07) is 38.0. The summed E-state index contributed by atoms with van der Waals surface area (Å²) < 4.78 is 0. The van der Waals surface area contributed by atoms with E-state index >= 15 is 0 Å². The number of hydrogen-bond donors (Lipinski definition) is 0. The third-order valence-electron chi connectivity index (χ3n) is 4.32. The molecule has 0 heterocycles. The molecular weight excluding hydrogens is 288 g/mol. The Morgan fingerprint density at radius 3 is 0.542 bits per heavy atom. The Kier molecular flexibility index (Phi) is 3.95.